The fraction of sp³-hybridized carbons (Fsp3) is 0.0769. The van der Waals surface area contributed by atoms with Crippen LogP contribution in [0.1, 0.15) is 5.56 Å². The van der Waals surface area contributed by atoms with Crippen molar-refractivity contribution in [3.8, 4) is 11.1 Å². The highest BCUT2D eigenvalue weighted by molar-refractivity contribution is 6.09. The molecule has 0 spiro atoms. The van der Waals surface area contributed by atoms with Gasteiger partial charge in [0.1, 0.15) is 5.82 Å². The Kier molecular flexibility index (Phi) is 2.86. The van der Waals surface area contributed by atoms with Crippen molar-refractivity contribution in [3.05, 3.63) is 59.9 Å². The second-order valence-electron chi connectivity index (χ2n) is 3.37. The minimum Gasteiger partial charge on any atom is -0.207 e. The van der Waals surface area contributed by atoms with Gasteiger partial charge in [0.25, 0.3) is 0 Å². The summed E-state index contributed by atoms with van der Waals surface area (Å²) in [7, 11) is 5.59. The molecule has 2 rings (SSSR count). The van der Waals surface area contributed by atoms with E-state index in [2.05, 4.69) is 0 Å². The number of hydrogen-bond donors (Lipinski definition) is 0. The van der Waals surface area contributed by atoms with Gasteiger partial charge in [0.05, 0.1) is 7.85 Å². The van der Waals surface area contributed by atoms with E-state index in [1.54, 1.807) is 6.07 Å². The molecular weight excluding hydrogens is 186 g/mol. The van der Waals surface area contributed by atoms with E-state index < -0.39 is 0 Å². The zero-order valence-corrected chi connectivity index (χ0v) is 8.28. The Hall–Kier alpha value is -1.57. The van der Waals surface area contributed by atoms with Gasteiger partial charge in [-0.25, -0.2) is 4.39 Å². The molecule has 15 heavy (non-hydrogen) atoms. The highest BCUT2D eigenvalue weighted by Crippen LogP contribution is 2.24. The lowest BCUT2D eigenvalue weighted by Crippen LogP contribution is -1.91. The first-order valence-corrected chi connectivity index (χ1v) is 4.85. The molecule has 0 saturated carbocycles. The van der Waals surface area contributed by atoms with Gasteiger partial charge in [-0.2, -0.15) is 0 Å². The molecule has 0 N–H and O–H groups in total. The van der Waals surface area contributed by atoms with Crippen LogP contribution in [-0.2, 0) is 6.32 Å². The summed E-state index contributed by atoms with van der Waals surface area (Å²) in [5.41, 5.74) is 2.90. The third-order valence-electron chi connectivity index (χ3n) is 2.37. The number of hydrogen-bond acceptors (Lipinski definition) is 0. The Morgan fingerprint density at radius 3 is 2.40 bits per heavy atom. The van der Waals surface area contributed by atoms with Crippen molar-refractivity contribution < 1.29 is 4.39 Å². The fourth-order valence-electron chi connectivity index (χ4n) is 1.63. The van der Waals surface area contributed by atoms with Crippen LogP contribution in [0.4, 0.5) is 4.39 Å². The van der Waals surface area contributed by atoms with Crippen LogP contribution in [0, 0.1) is 5.82 Å². The molecule has 0 nitrogen and oxygen atoms in total. The van der Waals surface area contributed by atoms with E-state index in [-0.39, 0.29) is 5.82 Å². The minimum absolute atomic E-state index is 0.241. The fourth-order valence-corrected chi connectivity index (χ4v) is 1.63. The average Bonchev–Trinajstić information content (AvgIpc) is 2.30. The van der Waals surface area contributed by atoms with Gasteiger partial charge < -0.3 is 0 Å². The van der Waals surface area contributed by atoms with Gasteiger partial charge in [-0.3, -0.25) is 0 Å². The summed E-state index contributed by atoms with van der Waals surface area (Å²) in [6.07, 6.45) is 0.349. The highest BCUT2D eigenvalue weighted by atomic mass is 19.1. The lowest BCUT2D eigenvalue weighted by Gasteiger charge is -2.07. The van der Waals surface area contributed by atoms with Gasteiger partial charge in [0.15, 0.2) is 0 Å². The molecule has 0 aliphatic carbocycles. The van der Waals surface area contributed by atoms with Crippen LogP contribution in [0.15, 0.2) is 48.5 Å². The van der Waals surface area contributed by atoms with Gasteiger partial charge in [-0.1, -0.05) is 42.7 Å². The second kappa shape index (κ2) is 4.30. The van der Waals surface area contributed by atoms with Crippen molar-refractivity contribution in [2.45, 2.75) is 6.32 Å². The SMILES string of the molecule is [B]Cc1cc(F)ccc1-c1ccccc1. The lowest BCUT2D eigenvalue weighted by molar-refractivity contribution is 0.626. The summed E-state index contributed by atoms with van der Waals surface area (Å²) in [4.78, 5) is 0. The lowest BCUT2D eigenvalue weighted by atomic mass is 9.90. The summed E-state index contributed by atoms with van der Waals surface area (Å²) in [6.45, 7) is 0. The maximum absolute atomic E-state index is 13.0. The predicted molar refractivity (Wildman–Crippen MR) is 61.3 cm³/mol. The Morgan fingerprint density at radius 2 is 1.73 bits per heavy atom. The summed E-state index contributed by atoms with van der Waals surface area (Å²) >= 11 is 0. The van der Waals surface area contributed by atoms with Crippen molar-refractivity contribution in [1.29, 1.82) is 0 Å². The maximum Gasteiger partial charge on any atom is 0.123 e. The van der Waals surface area contributed by atoms with E-state index in [1.165, 1.54) is 12.1 Å². The van der Waals surface area contributed by atoms with Crippen LogP contribution >= 0.6 is 0 Å². The highest BCUT2D eigenvalue weighted by Gasteiger charge is 2.03. The van der Waals surface area contributed by atoms with E-state index in [0.29, 0.717) is 6.32 Å². The Morgan fingerprint density at radius 1 is 1.00 bits per heavy atom. The average molecular weight is 196 g/mol. The molecule has 0 bridgehead atoms. The topological polar surface area (TPSA) is 0 Å². The quantitative estimate of drug-likeness (QED) is 0.647. The van der Waals surface area contributed by atoms with E-state index >= 15 is 0 Å². The van der Waals surface area contributed by atoms with E-state index in [1.807, 2.05) is 30.3 Å². The van der Waals surface area contributed by atoms with Gasteiger partial charge in [0.2, 0.25) is 0 Å². The van der Waals surface area contributed by atoms with Crippen molar-refractivity contribution >= 4 is 7.85 Å². The molecule has 2 heteroatoms. The molecule has 0 unspecified atom stereocenters. The monoisotopic (exact) mass is 196 g/mol. The number of halogens is 1. The van der Waals surface area contributed by atoms with Crippen LogP contribution in [0.25, 0.3) is 11.1 Å². The van der Waals surface area contributed by atoms with Crippen LogP contribution in [0.5, 0.6) is 0 Å². The van der Waals surface area contributed by atoms with Crippen LogP contribution < -0.4 is 0 Å². The van der Waals surface area contributed by atoms with E-state index in [9.17, 15) is 4.39 Å². The van der Waals surface area contributed by atoms with Gasteiger partial charge in [0, 0.05) is 0 Å². The van der Waals surface area contributed by atoms with E-state index in [0.717, 1.165) is 16.7 Å². The smallest absolute Gasteiger partial charge is 0.123 e. The molecule has 72 valence electrons. The molecule has 0 saturated heterocycles. The summed E-state index contributed by atoms with van der Waals surface area (Å²) < 4.78 is 13.0. The van der Waals surface area contributed by atoms with Gasteiger partial charge in [-0.05, 0) is 28.8 Å². The predicted octanol–water partition coefficient (Wildman–Crippen LogP) is 3.16. The zero-order valence-electron chi connectivity index (χ0n) is 8.28. The minimum atomic E-state index is -0.241. The first-order valence-electron chi connectivity index (χ1n) is 4.85. The molecule has 2 aromatic carbocycles. The molecule has 0 atom stereocenters. The normalized spacial score (nSPS) is 10.2. The number of rotatable bonds is 2. The maximum atomic E-state index is 13.0. The van der Waals surface area contributed by atoms with Crippen LogP contribution in [0.3, 0.4) is 0 Å². The Balaban J connectivity index is 2.53. The van der Waals surface area contributed by atoms with E-state index in [4.69, 9.17) is 7.85 Å². The summed E-state index contributed by atoms with van der Waals surface area (Å²) in [5.74, 6) is -0.241. The standard InChI is InChI=1S/C13H10BF/c14-9-11-8-12(15)6-7-13(11)10-4-2-1-3-5-10/h1-8H,9H2. The molecule has 2 aromatic rings. The molecule has 0 aliphatic heterocycles. The zero-order chi connectivity index (χ0) is 10.7. The van der Waals surface area contributed by atoms with Gasteiger partial charge in [-0.15, -0.1) is 0 Å². The molecule has 2 radical (unpaired) electrons. The third-order valence-corrected chi connectivity index (χ3v) is 2.37. The second-order valence-corrected chi connectivity index (χ2v) is 3.37. The van der Waals surface area contributed by atoms with Crippen LogP contribution in [0.2, 0.25) is 0 Å². The first kappa shape index (κ1) is 9.97. The molecule has 0 aromatic heterocycles. The molecule has 0 heterocycles. The summed E-state index contributed by atoms with van der Waals surface area (Å²) in [5, 5.41) is 0. The molecular formula is C13H10BF. The molecule has 0 amide bonds. The Bertz CT molecular complexity index is 451. The molecule has 0 fully saturated rings. The largest absolute Gasteiger partial charge is 0.207 e. The third kappa shape index (κ3) is 2.09. The molecule has 0 aliphatic rings. The van der Waals surface area contributed by atoms with Crippen molar-refractivity contribution in [2.24, 2.45) is 0 Å². The number of benzene rings is 2. The van der Waals surface area contributed by atoms with Crippen LogP contribution in [-0.4, -0.2) is 7.85 Å². The van der Waals surface area contributed by atoms with Crippen molar-refractivity contribution in [1.82, 2.24) is 0 Å². The summed E-state index contributed by atoms with van der Waals surface area (Å²) in [6, 6.07) is 14.6. The van der Waals surface area contributed by atoms with Crippen molar-refractivity contribution in [2.75, 3.05) is 0 Å². The Labute approximate surface area is 90.2 Å². The first-order chi connectivity index (χ1) is 7.31. The van der Waals surface area contributed by atoms with Crippen molar-refractivity contribution in [3.63, 3.8) is 0 Å². The van der Waals surface area contributed by atoms with Gasteiger partial charge >= 0.3 is 0 Å².